The van der Waals surface area contributed by atoms with Gasteiger partial charge < -0.3 is 9.47 Å². The molecule has 9 heteroatoms. The number of anilines is 1. The van der Waals surface area contributed by atoms with Crippen molar-refractivity contribution in [2.75, 3.05) is 25.0 Å². The number of nitrogens with one attached hydrogen (secondary N) is 1. The summed E-state index contributed by atoms with van der Waals surface area (Å²) in [5, 5.41) is 0.0647. The Morgan fingerprint density at radius 2 is 2.07 bits per heavy atom. The van der Waals surface area contributed by atoms with Crippen LogP contribution in [0.2, 0.25) is 5.02 Å². The lowest BCUT2D eigenvalue weighted by Crippen LogP contribution is -2.34. The van der Waals surface area contributed by atoms with Crippen LogP contribution in [0.15, 0.2) is 36.5 Å². The average Bonchev–Trinajstić information content (AvgIpc) is 3.29. The first-order valence-corrected chi connectivity index (χ1v) is 10.6. The summed E-state index contributed by atoms with van der Waals surface area (Å²) in [6, 6.07) is 9.78. The van der Waals surface area contributed by atoms with Gasteiger partial charge in [-0.1, -0.05) is 23.7 Å². The second-order valence-corrected chi connectivity index (χ2v) is 9.18. The van der Waals surface area contributed by atoms with Crippen LogP contribution in [0, 0.1) is 0 Å². The summed E-state index contributed by atoms with van der Waals surface area (Å²) in [6.07, 6.45) is 2.17. The number of imidazole rings is 1. The third-order valence-corrected chi connectivity index (χ3v) is 7.19. The molecule has 1 fully saturated rings. The minimum Gasteiger partial charge on any atom is -0.355 e. The van der Waals surface area contributed by atoms with Crippen molar-refractivity contribution >= 4 is 38.5 Å². The lowest BCUT2D eigenvalue weighted by Gasteiger charge is -2.18. The summed E-state index contributed by atoms with van der Waals surface area (Å²) in [4.78, 5) is 11.1. The zero-order valence-corrected chi connectivity index (χ0v) is 16.6. The molecule has 0 spiro atoms. The van der Waals surface area contributed by atoms with E-state index in [2.05, 4.69) is 9.71 Å². The van der Waals surface area contributed by atoms with Gasteiger partial charge in [0.05, 0.1) is 21.3 Å². The number of fused-ring (bicyclic) bond motifs is 1. The topological polar surface area (TPSA) is 80.1 Å². The maximum atomic E-state index is 12.1. The first-order chi connectivity index (χ1) is 12.9. The molecule has 0 amide bonds. The summed E-state index contributed by atoms with van der Waals surface area (Å²) in [5.74, 6) is 1.46. The predicted octanol–water partition coefficient (Wildman–Crippen LogP) is 2.42. The third kappa shape index (κ3) is 3.18. The van der Waals surface area contributed by atoms with Gasteiger partial charge in [0, 0.05) is 31.9 Å². The Bertz CT molecular complexity index is 1110. The van der Waals surface area contributed by atoms with E-state index in [1.165, 1.54) is 7.05 Å². The van der Waals surface area contributed by atoms with E-state index < -0.39 is 15.3 Å². The van der Waals surface area contributed by atoms with E-state index in [4.69, 9.17) is 16.6 Å². The molecule has 1 aromatic carbocycles. The van der Waals surface area contributed by atoms with Crippen LogP contribution in [-0.4, -0.2) is 48.3 Å². The van der Waals surface area contributed by atoms with Crippen molar-refractivity contribution in [1.82, 2.24) is 19.3 Å². The van der Waals surface area contributed by atoms with Gasteiger partial charge in [0.15, 0.2) is 0 Å². The van der Waals surface area contributed by atoms with E-state index in [1.54, 1.807) is 6.20 Å². The monoisotopic (exact) mass is 405 g/mol. The molecular formula is C18H20ClN5O2S. The van der Waals surface area contributed by atoms with Crippen molar-refractivity contribution < 1.29 is 8.42 Å². The van der Waals surface area contributed by atoms with Gasteiger partial charge >= 0.3 is 0 Å². The Balaban J connectivity index is 1.71. The summed E-state index contributed by atoms with van der Waals surface area (Å²) in [6.45, 7) is 1.03. The molecule has 2 aromatic heterocycles. The largest absolute Gasteiger partial charge is 0.355 e. The summed E-state index contributed by atoms with van der Waals surface area (Å²) in [5.41, 5.74) is 2.69. The highest BCUT2D eigenvalue weighted by Gasteiger charge is 2.33. The van der Waals surface area contributed by atoms with Gasteiger partial charge in [-0.25, -0.2) is 23.1 Å². The van der Waals surface area contributed by atoms with Crippen LogP contribution >= 0.6 is 11.6 Å². The number of rotatable bonds is 4. The highest BCUT2D eigenvalue weighted by Crippen LogP contribution is 2.33. The van der Waals surface area contributed by atoms with E-state index in [0.29, 0.717) is 30.4 Å². The van der Waals surface area contributed by atoms with Gasteiger partial charge in [0.2, 0.25) is 10.0 Å². The zero-order valence-electron chi connectivity index (χ0n) is 15.1. The fourth-order valence-electron chi connectivity index (χ4n) is 3.51. The molecule has 7 nitrogen and oxygen atoms in total. The Kier molecular flexibility index (Phi) is 4.57. The second kappa shape index (κ2) is 6.78. The number of aryl methyl sites for hydroxylation is 1. The van der Waals surface area contributed by atoms with Gasteiger partial charge in [-0.05, 0) is 31.7 Å². The van der Waals surface area contributed by atoms with Crippen molar-refractivity contribution in [3.63, 3.8) is 0 Å². The van der Waals surface area contributed by atoms with Gasteiger partial charge in [-0.2, -0.15) is 0 Å². The number of halogens is 1. The van der Waals surface area contributed by atoms with Gasteiger partial charge in [0.1, 0.15) is 11.6 Å². The van der Waals surface area contributed by atoms with Crippen molar-refractivity contribution in [3.05, 3.63) is 41.6 Å². The maximum Gasteiger partial charge on any atom is 0.216 e. The van der Waals surface area contributed by atoms with Crippen LogP contribution in [-0.2, 0) is 17.1 Å². The molecule has 0 aliphatic carbocycles. The van der Waals surface area contributed by atoms with Crippen LogP contribution in [0.5, 0.6) is 0 Å². The molecule has 3 aromatic rings. The highest BCUT2D eigenvalue weighted by molar-refractivity contribution is 7.90. The molecule has 1 aliphatic rings. The quantitative estimate of drug-likeness (QED) is 0.721. The number of hydrogen-bond acceptors (Lipinski definition) is 5. The standard InChI is InChI=1S/C18H20ClN5O2S/c1-20-27(25,26)12-7-8-24(11-12)17-9-13(14(19)10-21-17)18-22-15-5-3-4-6-16(15)23(18)2/h3-6,9-10,12,20H,7-8,11H2,1-2H3. The summed E-state index contributed by atoms with van der Waals surface area (Å²) < 4.78 is 28.6. The normalized spacial score (nSPS) is 17.7. The molecule has 0 radical (unpaired) electrons. The van der Waals surface area contributed by atoms with Crippen LogP contribution in [0.3, 0.4) is 0 Å². The highest BCUT2D eigenvalue weighted by atomic mass is 35.5. The molecule has 0 bridgehead atoms. The summed E-state index contributed by atoms with van der Waals surface area (Å²) >= 11 is 6.42. The minimum atomic E-state index is -3.30. The number of pyridine rings is 1. The number of para-hydroxylation sites is 2. The van der Waals surface area contributed by atoms with Gasteiger partial charge in [0.25, 0.3) is 0 Å². The van der Waals surface area contributed by atoms with Gasteiger partial charge in [-0.3, -0.25) is 0 Å². The number of benzene rings is 1. The Hall–Kier alpha value is -2.16. The molecule has 142 valence electrons. The van der Waals surface area contributed by atoms with Crippen LogP contribution in [0.1, 0.15) is 6.42 Å². The summed E-state index contributed by atoms with van der Waals surface area (Å²) in [7, 11) is 0.102. The van der Waals surface area contributed by atoms with Crippen LogP contribution < -0.4 is 9.62 Å². The average molecular weight is 406 g/mol. The third-order valence-electron chi connectivity index (χ3n) is 5.06. The van der Waals surface area contributed by atoms with Crippen molar-refractivity contribution in [2.45, 2.75) is 11.7 Å². The Labute approximate surface area is 163 Å². The van der Waals surface area contributed by atoms with E-state index in [0.717, 1.165) is 22.4 Å². The van der Waals surface area contributed by atoms with E-state index >= 15 is 0 Å². The second-order valence-electron chi connectivity index (χ2n) is 6.61. The lowest BCUT2D eigenvalue weighted by atomic mass is 10.2. The minimum absolute atomic E-state index is 0.403. The number of nitrogens with zero attached hydrogens (tertiary/aromatic N) is 4. The smallest absolute Gasteiger partial charge is 0.216 e. The number of aromatic nitrogens is 3. The van der Waals surface area contributed by atoms with E-state index in [9.17, 15) is 8.42 Å². The molecule has 1 saturated heterocycles. The van der Waals surface area contributed by atoms with E-state index in [1.807, 2.05) is 46.8 Å². The number of sulfonamides is 1. The first kappa shape index (κ1) is 18.2. The Morgan fingerprint density at radius 1 is 1.30 bits per heavy atom. The predicted molar refractivity (Wildman–Crippen MR) is 108 cm³/mol. The lowest BCUT2D eigenvalue weighted by molar-refractivity contribution is 0.575. The molecule has 1 N–H and O–H groups in total. The van der Waals surface area contributed by atoms with Crippen molar-refractivity contribution in [2.24, 2.45) is 7.05 Å². The van der Waals surface area contributed by atoms with Crippen molar-refractivity contribution in [1.29, 1.82) is 0 Å². The molecule has 0 saturated carbocycles. The molecule has 1 aliphatic heterocycles. The molecule has 3 heterocycles. The van der Waals surface area contributed by atoms with Crippen LogP contribution in [0.25, 0.3) is 22.4 Å². The SMILES string of the molecule is CNS(=O)(=O)C1CCN(c2cc(-c3nc4ccccc4n3C)c(Cl)cn2)C1. The first-order valence-electron chi connectivity index (χ1n) is 8.65. The fraction of sp³-hybridized carbons (Fsp3) is 0.333. The Morgan fingerprint density at radius 3 is 2.81 bits per heavy atom. The molecule has 1 atom stereocenters. The van der Waals surface area contributed by atoms with Crippen molar-refractivity contribution in [3.8, 4) is 11.4 Å². The maximum absolute atomic E-state index is 12.1. The molecule has 1 unspecified atom stereocenters. The molecular weight excluding hydrogens is 386 g/mol. The molecule has 27 heavy (non-hydrogen) atoms. The number of hydrogen-bond donors (Lipinski definition) is 1. The van der Waals surface area contributed by atoms with Crippen LogP contribution in [0.4, 0.5) is 5.82 Å². The van der Waals surface area contributed by atoms with E-state index in [-0.39, 0.29) is 0 Å². The molecule has 4 rings (SSSR count). The fourth-order valence-corrected chi connectivity index (χ4v) is 4.83. The zero-order chi connectivity index (χ0) is 19.2. The van der Waals surface area contributed by atoms with Gasteiger partial charge in [-0.15, -0.1) is 0 Å².